The molecule has 2 aromatic rings. The first-order valence-electron chi connectivity index (χ1n) is 5.71. The lowest BCUT2D eigenvalue weighted by molar-refractivity contribution is 0.592. The number of nitrogens with zero attached hydrogens (tertiary/aromatic N) is 2. The average Bonchev–Trinajstić information content (AvgIpc) is 2.81. The van der Waals surface area contributed by atoms with E-state index in [1.807, 2.05) is 0 Å². The monoisotopic (exact) mass is 299 g/mol. The Morgan fingerprint density at radius 3 is 2.68 bits per heavy atom. The summed E-state index contributed by atoms with van der Waals surface area (Å²) in [6.45, 7) is 3.22. The smallest absolute Gasteiger partial charge is 0.235 e. The highest BCUT2D eigenvalue weighted by atomic mass is 35.5. The maximum atomic E-state index is 11.9. The van der Waals surface area contributed by atoms with Crippen molar-refractivity contribution in [3.05, 3.63) is 41.7 Å². The highest BCUT2D eigenvalue weighted by Gasteiger charge is 2.18. The molecular weight excluding hydrogens is 286 g/mol. The van der Waals surface area contributed by atoms with Crippen molar-refractivity contribution in [2.75, 3.05) is 4.72 Å². The number of rotatable bonds is 4. The van der Waals surface area contributed by atoms with E-state index in [1.165, 1.54) is 0 Å². The quantitative estimate of drug-likeness (QED) is 0.944. The van der Waals surface area contributed by atoms with Crippen molar-refractivity contribution in [1.82, 2.24) is 9.78 Å². The maximum absolute atomic E-state index is 11.9. The van der Waals surface area contributed by atoms with Crippen LogP contribution in [-0.2, 0) is 10.0 Å². The molecule has 0 aliphatic rings. The summed E-state index contributed by atoms with van der Waals surface area (Å²) in [5.41, 5.74) is 1.03. The molecule has 0 unspecified atom stereocenters. The Kier molecular flexibility index (Phi) is 3.82. The van der Waals surface area contributed by atoms with Gasteiger partial charge in [-0.05, 0) is 38.1 Å². The molecule has 0 aliphatic heterocycles. The van der Waals surface area contributed by atoms with Crippen molar-refractivity contribution in [2.24, 2.45) is 0 Å². The second-order valence-corrected chi connectivity index (χ2v) is 6.98. The molecule has 0 fully saturated rings. The van der Waals surface area contributed by atoms with Crippen molar-refractivity contribution in [3.63, 3.8) is 0 Å². The second-order valence-electron chi connectivity index (χ2n) is 4.31. The van der Waals surface area contributed by atoms with E-state index in [1.54, 1.807) is 55.2 Å². The predicted molar refractivity (Wildman–Crippen MR) is 76.3 cm³/mol. The molecule has 0 saturated heterocycles. The van der Waals surface area contributed by atoms with Gasteiger partial charge in [-0.15, -0.1) is 0 Å². The van der Waals surface area contributed by atoms with E-state index in [0.29, 0.717) is 16.4 Å². The molecule has 102 valence electrons. The molecule has 5 nitrogen and oxygen atoms in total. The fourth-order valence-corrected chi connectivity index (χ4v) is 2.35. The maximum Gasteiger partial charge on any atom is 0.235 e. The largest absolute Gasteiger partial charge is 0.281 e. The lowest BCUT2D eigenvalue weighted by Crippen LogP contribution is -2.23. The lowest BCUT2D eigenvalue weighted by Gasteiger charge is -2.14. The normalized spacial score (nSPS) is 11.8. The Morgan fingerprint density at radius 1 is 1.37 bits per heavy atom. The van der Waals surface area contributed by atoms with Gasteiger partial charge >= 0.3 is 0 Å². The van der Waals surface area contributed by atoms with Crippen LogP contribution in [0.1, 0.15) is 13.8 Å². The zero-order chi connectivity index (χ0) is 14.0. The lowest BCUT2D eigenvalue weighted by atomic mass is 10.3. The van der Waals surface area contributed by atoms with E-state index < -0.39 is 15.3 Å². The average molecular weight is 300 g/mol. The number of anilines is 1. The van der Waals surface area contributed by atoms with Gasteiger partial charge in [0.05, 0.1) is 16.6 Å². The Bertz CT molecular complexity index is 666. The zero-order valence-electron chi connectivity index (χ0n) is 10.5. The van der Waals surface area contributed by atoms with Crippen molar-refractivity contribution < 1.29 is 8.42 Å². The number of hydrogen-bond donors (Lipinski definition) is 1. The summed E-state index contributed by atoms with van der Waals surface area (Å²) >= 11 is 5.92. The Hall–Kier alpha value is -1.53. The number of hydrogen-bond acceptors (Lipinski definition) is 3. The van der Waals surface area contributed by atoms with Crippen LogP contribution < -0.4 is 4.72 Å². The van der Waals surface area contributed by atoms with Gasteiger partial charge in [-0.3, -0.25) is 4.72 Å². The third-order valence-electron chi connectivity index (χ3n) is 2.58. The number of benzene rings is 1. The van der Waals surface area contributed by atoms with Gasteiger partial charge in [-0.1, -0.05) is 11.6 Å². The minimum absolute atomic E-state index is 0.407. The number of nitrogens with one attached hydrogen (secondary N) is 1. The zero-order valence-corrected chi connectivity index (χ0v) is 12.1. The summed E-state index contributed by atoms with van der Waals surface area (Å²) in [4.78, 5) is 0. The van der Waals surface area contributed by atoms with Crippen molar-refractivity contribution >= 4 is 27.3 Å². The minimum Gasteiger partial charge on any atom is -0.281 e. The predicted octanol–water partition coefficient (Wildman–Crippen LogP) is 2.68. The number of halogens is 1. The van der Waals surface area contributed by atoms with E-state index in [0.717, 1.165) is 0 Å². The molecule has 7 heteroatoms. The first-order chi connectivity index (χ1) is 8.90. The minimum atomic E-state index is -3.43. The summed E-state index contributed by atoms with van der Waals surface area (Å²) in [6, 6.07) is 6.73. The fourth-order valence-electron chi connectivity index (χ4n) is 1.47. The molecule has 0 amide bonds. The van der Waals surface area contributed by atoms with Gasteiger partial charge in [0.2, 0.25) is 10.0 Å². The molecule has 1 aromatic heterocycles. The summed E-state index contributed by atoms with van der Waals surface area (Å²) in [5, 5.41) is 4.02. The van der Waals surface area contributed by atoms with Crippen molar-refractivity contribution in [1.29, 1.82) is 0 Å². The Labute approximate surface area is 117 Å². The standard InChI is InChI=1S/C12H14ClN3O2S/c1-9(2)19(17,18)15-11-8-10(13)4-5-12(11)16-7-3-6-14-16/h3-9,15H,1-2H3. The van der Waals surface area contributed by atoms with Gasteiger partial charge in [0, 0.05) is 17.4 Å². The van der Waals surface area contributed by atoms with Gasteiger partial charge in [0.1, 0.15) is 0 Å². The molecule has 0 radical (unpaired) electrons. The SMILES string of the molecule is CC(C)S(=O)(=O)Nc1cc(Cl)ccc1-n1cccn1. The van der Waals surface area contributed by atoms with Gasteiger partial charge in [0.15, 0.2) is 0 Å². The van der Waals surface area contributed by atoms with Gasteiger partial charge in [-0.25, -0.2) is 13.1 Å². The summed E-state index contributed by atoms with van der Waals surface area (Å²) in [5.74, 6) is 0. The topological polar surface area (TPSA) is 64.0 Å². The molecule has 0 bridgehead atoms. The van der Waals surface area contributed by atoms with Crippen LogP contribution in [0.4, 0.5) is 5.69 Å². The molecule has 1 aromatic carbocycles. The van der Waals surface area contributed by atoms with Crippen LogP contribution in [0.3, 0.4) is 0 Å². The molecule has 0 saturated carbocycles. The van der Waals surface area contributed by atoms with Crippen LogP contribution in [0.25, 0.3) is 5.69 Å². The van der Waals surface area contributed by atoms with E-state index in [-0.39, 0.29) is 0 Å². The molecule has 0 spiro atoms. The molecular formula is C12H14ClN3O2S. The number of aromatic nitrogens is 2. The van der Waals surface area contributed by atoms with Gasteiger partial charge < -0.3 is 0 Å². The molecule has 0 atom stereocenters. The molecule has 19 heavy (non-hydrogen) atoms. The van der Waals surface area contributed by atoms with Gasteiger partial charge in [-0.2, -0.15) is 5.10 Å². The summed E-state index contributed by atoms with van der Waals surface area (Å²) < 4.78 is 28.0. The van der Waals surface area contributed by atoms with E-state index >= 15 is 0 Å². The summed E-state index contributed by atoms with van der Waals surface area (Å²) in [7, 11) is -3.43. The van der Waals surface area contributed by atoms with Crippen LogP contribution in [0.15, 0.2) is 36.7 Å². The summed E-state index contributed by atoms with van der Waals surface area (Å²) in [6.07, 6.45) is 3.35. The van der Waals surface area contributed by atoms with Crippen LogP contribution >= 0.6 is 11.6 Å². The molecule has 2 rings (SSSR count). The first kappa shape index (κ1) is 13.9. The van der Waals surface area contributed by atoms with Gasteiger partial charge in [0.25, 0.3) is 0 Å². The first-order valence-corrected chi connectivity index (χ1v) is 7.64. The van der Waals surface area contributed by atoms with Crippen LogP contribution in [0.5, 0.6) is 0 Å². The van der Waals surface area contributed by atoms with E-state index in [4.69, 9.17) is 11.6 Å². The van der Waals surface area contributed by atoms with Crippen molar-refractivity contribution in [2.45, 2.75) is 19.1 Å². The van der Waals surface area contributed by atoms with Crippen LogP contribution in [0.2, 0.25) is 5.02 Å². The van der Waals surface area contributed by atoms with E-state index in [9.17, 15) is 8.42 Å². The second kappa shape index (κ2) is 5.22. The molecule has 1 heterocycles. The fraction of sp³-hybridized carbons (Fsp3) is 0.250. The van der Waals surface area contributed by atoms with Crippen LogP contribution in [0, 0.1) is 0 Å². The third-order valence-corrected chi connectivity index (χ3v) is 4.56. The van der Waals surface area contributed by atoms with Crippen molar-refractivity contribution in [3.8, 4) is 5.69 Å². The molecule has 0 aliphatic carbocycles. The van der Waals surface area contributed by atoms with E-state index in [2.05, 4.69) is 9.82 Å². The Morgan fingerprint density at radius 2 is 2.11 bits per heavy atom. The highest BCUT2D eigenvalue weighted by molar-refractivity contribution is 7.93. The number of sulfonamides is 1. The molecule has 1 N–H and O–H groups in total. The third kappa shape index (κ3) is 3.08. The van der Waals surface area contributed by atoms with Crippen LogP contribution in [-0.4, -0.2) is 23.4 Å². The Balaban J connectivity index is 2.48. The highest BCUT2D eigenvalue weighted by Crippen LogP contribution is 2.25.